The fourth-order valence-electron chi connectivity index (χ4n) is 1.84. The number of carbonyl (C=O) groups is 2. The monoisotopic (exact) mass is 192 g/mol. The molecule has 0 aliphatic heterocycles. The van der Waals surface area contributed by atoms with E-state index < -0.39 is 5.82 Å². The fraction of sp³-hybridized carbons (Fsp3) is 0.273. The smallest absolute Gasteiger partial charge is 0.167 e. The number of ketones is 1. The highest BCUT2D eigenvalue weighted by atomic mass is 19.1. The normalized spacial score (nSPS) is 19.5. The van der Waals surface area contributed by atoms with Crippen molar-refractivity contribution in [1.82, 2.24) is 0 Å². The average molecular weight is 192 g/mol. The molecule has 14 heavy (non-hydrogen) atoms. The van der Waals surface area contributed by atoms with Crippen molar-refractivity contribution in [3.63, 3.8) is 0 Å². The lowest BCUT2D eigenvalue weighted by Gasteiger charge is -1.99. The zero-order valence-electron chi connectivity index (χ0n) is 7.50. The number of rotatable bonds is 2. The predicted octanol–water partition coefficient (Wildman–Crippen LogP) is 1.77. The maximum atomic E-state index is 12.8. The highest BCUT2D eigenvalue weighted by Crippen LogP contribution is 2.28. The minimum absolute atomic E-state index is 0.105. The molecule has 0 N–H and O–H groups in total. The third-order valence-electron chi connectivity index (χ3n) is 2.56. The first-order valence-corrected chi connectivity index (χ1v) is 4.48. The van der Waals surface area contributed by atoms with E-state index in [2.05, 4.69) is 0 Å². The first-order valence-electron chi connectivity index (χ1n) is 4.48. The average Bonchev–Trinajstić information content (AvgIpc) is 2.46. The lowest BCUT2D eigenvalue weighted by atomic mass is 10.0. The third-order valence-corrected chi connectivity index (χ3v) is 2.56. The SMILES string of the molecule is O=CC[C@@H]1Cc2ccc(F)cc2C1=O. The fourth-order valence-corrected chi connectivity index (χ4v) is 1.84. The summed E-state index contributed by atoms with van der Waals surface area (Å²) in [6.07, 6.45) is 1.53. The Morgan fingerprint density at radius 2 is 2.29 bits per heavy atom. The minimum atomic E-state index is -0.399. The molecule has 1 aromatic carbocycles. The third kappa shape index (κ3) is 1.35. The molecule has 1 aromatic rings. The van der Waals surface area contributed by atoms with Crippen LogP contribution in [0.4, 0.5) is 4.39 Å². The second-order valence-electron chi connectivity index (χ2n) is 3.47. The summed E-state index contributed by atoms with van der Waals surface area (Å²) in [5.41, 5.74) is 1.29. The van der Waals surface area contributed by atoms with Crippen LogP contribution in [0.25, 0.3) is 0 Å². The molecule has 72 valence electrons. The van der Waals surface area contributed by atoms with Crippen molar-refractivity contribution in [2.24, 2.45) is 5.92 Å². The Morgan fingerprint density at radius 3 is 3.00 bits per heavy atom. The molecular formula is C11H9FO2. The van der Waals surface area contributed by atoms with Crippen molar-refractivity contribution >= 4 is 12.1 Å². The summed E-state index contributed by atoms with van der Waals surface area (Å²) >= 11 is 0. The van der Waals surface area contributed by atoms with Gasteiger partial charge in [-0.05, 0) is 24.1 Å². The summed E-state index contributed by atoms with van der Waals surface area (Å²) in [4.78, 5) is 21.9. The maximum absolute atomic E-state index is 12.8. The van der Waals surface area contributed by atoms with E-state index >= 15 is 0 Å². The standard InChI is InChI=1S/C11H9FO2/c12-9-2-1-7-5-8(3-4-13)11(14)10(7)6-9/h1-2,4,6,8H,3,5H2/t8-/m1/s1. The van der Waals surface area contributed by atoms with Crippen LogP contribution in [0.1, 0.15) is 22.3 Å². The topological polar surface area (TPSA) is 34.1 Å². The van der Waals surface area contributed by atoms with Crippen LogP contribution in [0.3, 0.4) is 0 Å². The molecule has 0 heterocycles. The summed E-state index contributed by atoms with van der Waals surface area (Å²) in [5.74, 6) is -0.778. The second kappa shape index (κ2) is 3.33. The lowest BCUT2D eigenvalue weighted by Crippen LogP contribution is -2.09. The largest absolute Gasteiger partial charge is 0.303 e. The van der Waals surface area contributed by atoms with Crippen LogP contribution in [-0.4, -0.2) is 12.1 Å². The van der Waals surface area contributed by atoms with Gasteiger partial charge in [-0.2, -0.15) is 0 Å². The number of halogens is 1. The van der Waals surface area contributed by atoms with E-state index in [1.165, 1.54) is 12.1 Å². The van der Waals surface area contributed by atoms with Crippen LogP contribution in [0.15, 0.2) is 18.2 Å². The minimum Gasteiger partial charge on any atom is -0.303 e. The molecule has 2 nitrogen and oxygen atoms in total. The molecule has 0 fully saturated rings. The summed E-state index contributed by atoms with van der Waals surface area (Å²) < 4.78 is 12.8. The quantitative estimate of drug-likeness (QED) is 0.669. The summed E-state index contributed by atoms with van der Waals surface area (Å²) in [6, 6.07) is 4.21. The van der Waals surface area contributed by atoms with Crippen molar-refractivity contribution in [2.75, 3.05) is 0 Å². The molecule has 0 saturated carbocycles. The lowest BCUT2D eigenvalue weighted by molar-refractivity contribution is -0.108. The zero-order chi connectivity index (χ0) is 10.1. The molecule has 0 radical (unpaired) electrons. The van der Waals surface area contributed by atoms with Crippen molar-refractivity contribution in [3.05, 3.63) is 35.1 Å². The van der Waals surface area contributed by atoms with Crippen molar-refractivity contribution < 1.29 is 14.0 Å². The number of Topliss-reactive ketones (excluding diaryl/α,β-unsaturated/α-hetero) is 1. The summed E-state index contributed by atoms with van der Waals surface area (Å²) in [6.45, 7) is 0. The van der Waals surface area contributed by atoms with E-state index in [1.807, 2.05) is 0 Å². The number of hydrogen-bond acceptors (Lipinski definition) is 2. The molecule has 0 bridgehead atoms. The number of benzene rings is 1. The predicted molar refractivity (Wildman–Crippen MR) is 48.6 cm³/mol. The Kier molecular flexibility index (Phi) is 2.15. The van der Waals surface area contributed by atoms with Gasteiger partial charge >= 0.3 is 0 Å². The molecule has 0 amide bonds. The Morgan fingerprint density at radius 1 is 1.50 bits per heavy atom. The number of carbonyl (C=O) groups excluding carboxylic acids is 2. The maximum Gasteiger partial charge on any atom is 0.167 e. The van der Waals surface area contributed by atoms with E-state index in [9.17, 15) is 14.0 Å². The van der Waals surface area contributed by atoms with E-state index in [4.69, 9.17) is 0 Å². The van der Waals surface area contributed by atoms with Gasteiger partial charge in [0.05, 0.1) is 0 Å². The van der Waals surface area contributed by atoms with Gasteiger partial charge in [-0.25, -0.2) is 4.39 Å². The highest BCUT2D eigenvalue weighted by Gasteiger charge is 2.30. The first kappa shape index (κ1) is 9.06. The Hall–Kier alpha value is -1.51. The van der Waals surface area contributed by atoms with Gasteiger partial charge in [0.15, 0.2) is 5.78 Å². The van der Waals surface area contributed by atoms with E-state index in [1.54, 1.807) is 6.07 Å². The second-order valence-corrected chi connectivity index (χ2v) is 3.47. The van der Waals surface area contributed by atoms with Crippen molar-refractivity contribution in [1.29, 1.82) is 0 Å². The van der Waals surface area contributed by atoms with Crippen molar-refractivity contribution in [2.45, 2.75) is 12.8 Å². The molecule has 1 atom stereocenters. The van der Waals surface area contributed by atoms with Gasteiger partial charge < -0.3 is 4.79 Å². The molecule has 2 rings (SSSR count). The van der Waals surface area contributed by atoms with Crippen LogP contribution in [0, 0.1) is 11.7 Å². The van der Waals surface area contributed by atoms with Gasteiger partial charge in [0, 0.05) is 17.9 Å². The van der Waals surface area contributed by atoms with Gasteiger partial charge in [0.25, 0.3) is 0 Å². The van der Waals surface area contributed by atoms with Crippen LogP contribution in [-0.2, 0) is 11.2 Å². The summed E-state index contributed by atoms with van der Waals surface area (Å²) in [7, 11) is 0. The summed E-state index contributed by atoms with van der Waals surface area (Å²) in [5, 5.41) is 0. The Labute approximate surface area is 80.7 Å². The van der Waals surface area contributed by atoms with Gasteiger partial charge in [-0.1, -0.05) is 6.07 Å². The zero-order valence-corrected chi connectivity index (χ0v) is 7.50. The van der Waals surface area contributed by atoms with E-state index in [0.29, 0.717) is 12.0 Å². The van der Waals surface area contributed by atoms with Crippen LogP contribution in [0.2, 0.25) is 0 Å². The highest BCUT2D eigenvalue weighted by molar-refractivity contribution is 6.03. The van der Waals surface area contributed by atoms with Crippen LogP contribution in [0.5, 0.6) is 0 Å². The molecule has 0 saturated heterocycles. The molecule has 0 spiro atoms. The van der Waals surface area contributed by atoms with E-state index in [-0.39, 0.29) is 18.1 Å². The molecule has 0 unspecified atom stereocenters. The number of hydrogen-bond donors (Lipinski definition) is 0. The number of fused-ring (bicyclic) bond motifs is 1. The molecule has 0 aromatic heterocycles. The van der Waals surface area contributed by atoms with Crippen LogP contribution >= 0.6 is 0 Å². The Balaban J connectivity index is 2.36. The molecule has 1 aliphatic rings. The van der Waals surface area contributed by atoms with Gasteiger partial charge in [0.2, 0.25) is 0 Å². The molecule has 3 heteroatoms. The Bertz CT molecular complexity index is 398. The van der Waals surface area contributed by atoms with Gasteiger partial charge in [0.1, 0.15) is 12.1 Å². The number of aldehydes is 1. The van der Waals surface area contributed by atoms with Crippen LogP contribution < -0.4 is 0 Å². The first-order chi connectivity index (χ1) is 6.72. The van der Waals surface area contributed by atoms with Gasteiger partial charge in [-0.15, -0.1) is 0 Å². The van der Waals surface area contributed by atoms with Gasteiger partial charge in [-0.3, -0.25) is 4.79 Å². The van der Waals surface area contributed by atoms with Crippen molar-refractivity contribution in [3.8, 4) is 0 Å². The molecular weight excluding hydrogens is 183 g/mol. The van der Waals surface area contributed by atoms with E-state index in [0.717, 1.165) is 11.8 Å². The molecule has 1 aliphatic carbocycles.